The van der Waals surface area contributed by atoms with Crippen molar-refractivity contribution in [3.63, 3.8) is 0 Å². The number of carbonyl (C=O) groups excluding carboxylic acids is 3. The first-order valence-electron chi connectivity index (χ1n) is 9.43. The number of β-lactam (4-membered cyclic amide) rings is 1. The highest BCUT2D eigenvalue weighted by Crippen LogP contribution is 2.40. The molecule has 0 aliphatic carbocycles. The van der Waals surface area contributed by atoms with E-state index in [9.17, 15) is 24.3 Å². The summed E-state index contributed by atoms with van der Waals surface area (Å²) in [6, 6.07) is 4.64. The number of thioether (sulfide) groups is 1. The van der Waals surface area contributed by atoms with Crippen LogP contribution in [0.25, 0.3) is 10.4 Å². The van der Waals surface area contributed by atoms with Crippen molar-refractivity contribution < 1.29 is 29.0 Å². The predicted molar refractivity (Wildman–Crippen MR) is 113 cm³/mol. The summed E-state index contributed by atoms with van der Waals surface area (Å²) >= 11 is 1.26. The number of fused-ring (bicyclic) bond motifs is 1. The minimum atomic E-state index is -1.31. The van der Waals surface area contributed by atoms with Gasteiger partial charge in [0.05, 0.1) is 6.54 Å². The number of rotatable bonds is 8. The number of carbonyl (C=O) groups is 4. The smallest absolute Gasteiger partial charge is 0.352 e. The average molecular weight is 460 g/mol. The number of azide groups is 1. The summed E-state index contributed by atoms with van der Waals surface area (Å²) in [4.78, 5) is 51.8. The number of esters is 1. The van der Waals surface area contributed by atoms with Crippen molar-refractivity contribution in [1.29, 1.82) is 0 Å². The summed E-state index contributed by atoms with van der Waals surface area (Å²) in [5.74, 6) is -2.81. The predicted octanol–water partition coefficient (Wildman–Crippen LogP) is 0.798. The second-order valence-corrected chi connectivity index (χ2v) is 8.15. The Bertz CT molecular complexity index is 1040. The largest absolute Gasteiger partial charge is 0.477 e. The summed E-state index contributed by atoms with van der Waals surface area (Å²) in [5.41, 5.74) is 15.7. The molecule has 2 aliphatic rings. The molecule has 12 nitrogen and oxygen atoms in total. The summed E-state index contributed by atoms with van der Waals surface area (Å²) < 4.78 is 4.89. The van der Waals surface area contributed by atoms with E-state index >= 15 is 0 Å². The maximum atomic E-state index is 12.6. The first kappa shape index (κ1) is 23.1. The average Bonchev–Trinajstić information content (AvgIpc) is 2.78. The standard InChI is InChI=1S/C19H20N6O6S/c1-9(26)31-7-12-8-32-18-14(17(28)25(18)15(12)19(29)30)23-16(27)13(20)11-4-2-10(3-5-11)6-22-24-21/h2-5,13-14,18H,6-8,20H2,1H3,(H,23,27)(H,29,30). The highest BCUT2D eigenvalue weighted by Gasteiger charge is 2.54. The van der Waals surface area contributed by atoms with Crippen LogP contribution in [0.5, 0.6) is 0 Å². The van der Waals surface area contributed by atoms with Gasteiger partial charge in [-0.25, -0.2) is 4.79 Å². The second kappa shape index (κ2) is 9.73. The third-order valence-corrected chi connectivity index (χ3v) is 6.27. The summed E-state index contributed by atoms with van der Waals surface area (Å²) in [5, 5.41) is 15.0. The summed E-state index contributed by atoms with van der Waals surface area (Å²) in [6.07, 6.45) is 0. The molecule has 4 N–H and O–H groups in total. The molecular weight excluding hydrogens is 440 g/mol. The summed E-state index contributed by atoms with van der Waals surface area (Å²) in [6.45, 7) is 1.15. The molecule has 1 aromatic carbocycles. The van der Waals surface area contributed by atoms with Crippen molar-refractivity contribution in [3.05, 3.63) is 57.1 Å². The molecule has 3 unspecified atom stereocenters. The fourth-order valence-electron chi connectivity index (χ4n) is 3.32. The molecule has 2 aliphatic heterocycles. The molecule has 32 heavy (non-hydrogen) atoms. The van der Waals surface area contributed by atoms with E-state index in [1.807, 2.05) is 0 Å². The van der Waals surface area contributed by atoms with Crippen LogP contribution in [-0.4, -0.2) is 57.5 Å². The Balaban J connectivity index is 1.67. The molecule has 13 heteroatoms. The highest BCUT2D eigenvalue weighted by molar-refractivity contribution is 8.00. The van der Waals surface area contributed by atoms with Gasteiger partial charge in [0, 0.05) is 23.2 Å². The number of carboxylic acid groups (broad SMARTS) is 1. The first-order valence-corrected chi connectivity index (χ1v) is 10.5. The van der Waals surface area contributed by atoms with Crippen LogP contribution in [0, 0.1) is 0 Å². The molecule has 2 heterocycles. The van der Waals surface area contributed by atoms with Crippen LogP contribution in [0.1, 0.15) is 24.1 Å². The van der Waals surface area contributed by atoms with Crippen molar-refractivity contribution in [2.75, 3.05) is 12.4 Å². The number of hydrogen-bond acceptors (Lipinski definition) is 8. The number of nitrogens with two attached hydrogens (primary N) is 1. The van der Waals surface area contributed by atoms with Crippen LogP contribution < -0.4 is 11.1 Å². The van der Waals surface area contributed by atoms with Gasteiger partial charge in [-0.3, -0.25) is 19.3 Å². The maximum absolute atomic E-state index is 12.6. The maximum Gasteiger partial charge on any atom is 0.352 e. The third-order valence-electron chi connectivity index (χ3n) is 4.94. The van der Waals surface area contributed by atoms with E-state index in [1.165, 1.54) is 18.7 Å². The molecule has 0 bridgehead atoms. The van der Waals surface area contributed by atoms with Gasteiger partial charge in [-0.1, -0.05) is 29.4 Å². The van der Waals surface area contributed by atoms with Gasteiger partial charge in [0.1, 0.15) is 29.8 Å². The van der Waals surface area contributed by atoms with Crippen molar-refractivity contribution in [2.24, 2.45) is 10.8 Å². The van der Waals surface area contributed by atoms with Crippen LogP contribution in [0.2, 0.25) is 0 Å². The number of hydrogen-bond donors (Lipinski definition) is 3. The SMILES string of the molecule is CC(=O)OCC1=C(C(=O)O)N2C(=O)C(NC(=O)C(N)c3ccc(CN=[N+]=[N-])cc3)C2SC1. The molecule has 3 rings (SSSR count). The Morgan fingerprint density at radius 1 is 1.41 bits per heavy atom. The van der Waals surface area contributed by atoms with E-state index in [0.29, 0.717) is 11.1 Å². The number of benzene rings is 1. The van der Waals surface area contributed by atoms with Gasteiger partial charge in [-0.2, -0.15) is 0 Å². The van der Waals surface area contributed by atoms with Gasteiger partial charge in [-0.15, -0.1) is 11.8 Å². The van der Waals surface area contributed by atoms with Gasteiger partial charge in [-0.05, 0) is 16.7 Å². The van der Waals surface area contributed by atoms with Crippen LogP contribution >= 0.6 is 11.8 Å². The fraction of sp³-hybridized carbons (Fsp3) is 0.368. The lowest BCUT2D eigenvalue weighted by Crippen LogP contribution is -2.71. The van der Waals surface area contributed by atoms with Gasteiger partial charge in [0.2, 0.25) is 5.91 Å². The van der Waals surface area contributed by atoms with Crippen LogP contribution in [0.15, 0.2) is 40.6 Å². The summed E-state index contributed by atoms with van der Waals surface area (Å²) in [7, 11) is 0. The Labute approximate surface area is 186 Å². The molecular formula is C19H20N6O6S. The molecule has 0 saturated carbocycles. The lowest BCUT2D eigenvalue weighted by molar-refractivity contribution is -0.151. The normalized spacial score (nSPS) is 20.4. The molecule has 0 spiro atoms. The fourth-order valence-corrected chi connectivity index (χ4v) is 4.65. The molecule has 168 valence electrons. The first-order chi connectivity index (χ1) is 15.2. The minimum absolute atomic E-state index is 0.169. The Kier molecular flexibility index (Phi) is 7.03. The molecule has 2 amide bonds. The Morgan fingerprint density at radius 3 is 2.69 bits per heavy atom. The van der Waals surface area contributed by atoms with Crippen LogP contribution in [-0.2, 0) is 30.5 Å². The number of carboxylic acids is 1. The van der Waals surface area contributed by atoms with Gasteiger partial charge < -0.3 is 20.9 Å². The third kappa shape index (κ3) is 4.69. The van der Waals surface area contributed by atoms with E-state index in [2.05, 4.69) is 15.3 Å². The molecule has 0 aromatic heterocycles. The molecule has 1 saturated heterocycles. The number of aliphatic carboxylic acids is 1. The van der Waals surface area contributed by atoms with Crippen LogP contribution in [0.3, 0.4) is 0 Å². The highest BCUT2D eigenvalue weighted by atomic mass is 32.2. The molecule has 3 atom stereocenters. The number of nitrogens with zero attached hydrogens (tertiary/aromatic N) is 4. The van der Waals surface area contributed by atoms with E-state index < -0.39 is 41.2 Å². The lowest BCUT2D eigenvalue weighted by Gasteiger charge is -2.49. The van der Waals surface area contributed by atoms with Crippen molar-refractivity contribution >= 4 is 35.5 Å². The van der Waals surface area contributed by atoms with Crippen molar-refractivity contribution in [1.82, 2.24) is 10.2 Å². The van der Waals surface area contributed by atoms with Crippen molar-refractivity contribution in [2.45, 2.75) is 30.9 Å². The Morgan fingerprint density at radius 2 is 2.09 bits per heavy atom. The minimum Gasteiger partial charge on any atom is -0.477 e. The van der Waals surface area contributed by atoms with E-state index in [4.69, 9.17) is 16.0 Å². The topological polar surface area (TPSA) is 188 Å². The monoisotopic (exact) mass is 460 g/mol. The molecule has 0 radical (unpaired) electrons. The number of ether oxygens (including phenoxy) is 1. The molecule has 1 aromatic rings. The number of amides is 2. The molecule has 1 fully saturated rings. The quantitative estimate of drug-likeness (QED) is 0.167. The van der Waals surface area contributed by atoms with E-state index in [-0.39, 0.29) is 24.6 Å². The van der Waals surface area contributed by atoms with Gasteiger partial charge >= 0.3 is 11.9 Å². The zero-order valence-electron chi connectivity index (χ0n) is 16.9. The number of nitrogens with one attached hydrogen (secondary N) is 1. The zero-order valence-corrected chi connectivity index (χ0v) is 17.7. The second-order valence-electron chi connectivity index (χ2n) is 7.04. The van der Waals surface area contributed by atoms with Gasteiger partial charge in [0.25, 0.3) is 5.91 Å². The zero-order chi connectivity index (χ0) is 23.4. The Hall–Kier alpha value is -3.54. The van der Waals surface area contributed by atoms with E-state index in [1.54, 1.807) is 24.3 Å². The van der Waals surface area contributed by atoms with Crippen molar-refractivity contribution in [3.8, 4) is 0 Å². The van der Waals surface area contributed by atoms with Crippen LogP contribution in [0.4, 0.5) is 0 Å². The van der Waals surface area contributed by atoms with E-state index in [0.717, 1.165) is 10.5 Å². The van der Waals surface area contributed by atoms with Gasteiger partial charge in [0.15, 0.2) is 0 Å². The lowest BCUT2D eigenvalue weighted by atomic mass is 10.0.